The summed E-state index contributed by atoms with van der Waals surface area (Å²) in [6.45, 7) is 1.56. The van der Waals surface area contributed by atoms with E-state index >= 15 is 0 Å². The number of H-pyrrole nitrogens is 1. The minimum absolute atomic E-state index is 0.151. The standard InChI is InChI=1S/C25H20N4O4S/c1-14-21-24(34-22(14)23(31)28-18-9-5-6-10-20(18)33-2)27-13-29(25(21)32)12-19(30)16-11-26-17-8-4-3-7-15(16)17/h3-11,13,26H,12H2,1-2H3,(H,28,31). The van der Waals surface area contributed by atoms with Crippen molar-refractivity contribution in [2.75, 3.05) is 12.4 Å². The Labute approximate surface area is 197 Å². The second-order valence-corrected chi connectivity index (χ2v) is 8.74. The molecule has 3 aromatic heterocycles. The molecule has 8 nitrogen and oxygen atoms in total. The SMILES string of the molecule is COc1ccccc1NC(=O)c1sc2ncn(CC(=O)c3c[nH]c4ccccc34)c(=O)c2c1C. The highest BCUT2D eigenvalue weighted by molar-refractivity contribution is 7.20. The number of hydrogen-bond donors (Lipinski definition) is 2. The molecule has 0 saturated heterocycles. The Balaban J connectivity index is 1.46. The predicted molar refractivity (Wildman–Crippen MR) is 132 cm³/mol. The third-order valence-corrected chi connectivity index (χ3v) is 6.88. The van der Waals surface area contributed by atoms with Crippen LogP contribution in [-0.2, 0) is 6.54 Å². The summed E-state index contributed by atoms with van der Waals surface area (Å²) in [6, 6.07) is 14.6. The van der Waals surface area contributed by atoms with Crippen LogP contribution < -0.4 is 15.6 Å². The molecular weight excluding hydrogens is 452 g/mol. The molecule has 1 amide bonds. The van der Waals surface area contributed by atoms with Crippen molar-refractivity contribution in [1.29, 1.82) is 0 Å². The minimum Gasteiger partial charge on any atom is -0.495 e. The summed E-state index contributed by atoms with van der Waals surface area (Å²) in [6.07, 6.45) is 3.01. The number of aryl methyl sites for hydroxylation is 1. The van der Waals surface area contributed by atoms with E-state index < -0.39 is 0 Å². The Hall–Kier alpha value is -4.24. The number of carbonyl (C=O) groups is 2. The van der Waals surface area contributed by atoms with Gasteiger partial charge in [-0.3, -0.25) is 19.0 Å². The van der Waals surface area contributed by atoms with Crippen LogP contribution in [0.5, 0.6) is 5.75 Å². The van der Waals surface area contributed by atoms with E-state index in [0.717, 1.165) is 22.2 Å². The van der Waals surface area contributed by atoms with Crippen molar-refractivity contribution in [2.45, 2.75) is 13.5 Å². The van der Waals surface area contributed by atoms with Gasteiger partial charge in [0.25, 0.3) is 11.5 Å². The van der Waals surface area contributed by atoms with Gasteiger partial charge in [0, 0.05) is 22.7 Å². The predicted octanol–water partition coefficient (Wildman–Crippen LogP) is 4.39. The van der Waals surface area contributed by atoms with Gasteiger partial charge in [0.1, 0.15) is 10.6 Å². The lowest BCUT2D eigenvalue weighted by Gasteiger charge is -2.09. The largest absolute Gasteiger partial charge is 0.495 e. The zero-order valence-electron chi connectivity index (χ0n) is 18.4. The number of rotatable bonds is 6. The number of thiophene rings is 1. The molecule has 0 saturated carbocycles. The van der Waals surface area contributed by atoms with E-state index in [1.165, 1.54) is 18.0 Å². The fourth-order valence-electron chi connectivity index (χ4n) is 3.96. The van der Waals surface area contributed by atoms with E-state index in [0.29, 0.717) is 37.7 Å². The molecule has 0 aliphatic rings. The number of hydrogen-bond acceptors (Lipinski definition) is 6. The van der Waals surface area contributed by atoms with Crippen molar-refractivity contribution in [3.63, 3.8) is 0 Å². The van der Waals surface area contributed by atoms with Gasteiger partial charge in [0.2, 0.25) is 0 Å². The van der Waals surface area contributed by atoms with Gasteiger partial charge in [-0.25, -0.2) is 4.98 Å². The first-order chi connectivity index (χ1) is 16.5. The molecule has 0 fully saturated rings. The highest BCUT2D eigenvalue weighted by Gasteiger charge is 2.21. The van der Waals surface area contributed by atoms with Crippen LogP contribution in [0.4, 0.5) is 5.69 Å². The molecule has 0 radical (unpaired) electrons. The lowest BCUT2D eigenvalue weighted by atomic mass is 10.1. The molecule has 2 N–H and O–H groups in total. The number of nitrogens with one attached hydrogen (secondary N) is 2. The summed E-state index contributed by atoms with van der Waals surface area (Å²) < 4.78 is 6.58. The van der Waals surface area contributed by atoms with Crippen LogP contribution in [0, 0.1) is 6.92 Å². The molecule has 0 unspecified atom stereocenters. The maximum Gasteiger partial charge on any atom is 0.266 e. The van der Waals surface area contributed by atoms with E-state index in [2.05, 4.69) is 15.3 Å². The molecular formula is C25H20N4O4S. The Morgan fingerprint density at radius 3 is 2.74 bits per heavy atom. The van der Waals surface area contributed by atoms with Gasteiger partial charge in [-0.1, -0.05) is 30.3 Å². The number of amides is 1. The Bertz CT molecular complexity index is 1630. The highest BCUT2D eigenvalue weighted by atomic mass is 32.1. The van der Waals surface area contributed by atoms with Gasteiger partial charge in [-0.15, -0.1) is 11.3 Å². The van der Waals surface area contributed by atoms with E-state index in [1.54, 1.807) is 31.3 Å². The Morgan fingerprint density at radius 1 is 1.15 bits per heavy atom. The van der Waals surface area contributed by atoms with Crippen molar-refractivity contribution in [3.05, 3.63) is 87.4 Å². The number of methoxy groups -OCH3 is 1. The summed E-state index contributed by atoms with van der Waals surface area (Å²) in [5.74, 6) is -0.0283. The van der Waals surface area contributed by atoms with Gasteiger partial charge in [-0.2, -0.15) is 0 Å². The summed E-state index contributed by atoms with van der Waals surface area (Å²) in [7, 11) is 1.53. The average molecular weight is 473 g/mol. The quantitative estimate of drug-likeness (QED) is 0.357. The zero-order chi connectivity index (χ0) is 23.8. The van der Waals surface area contributed by atoms with Gasteiger partial charge < -0.3 is 15.0 Å². The van der Waals surface area contributed by atoms with Crippen LogP contribution in [-0.4, -0.2) is 33.3 Å². The fraction of sp³-hybridized carbons (Fsp3) is 0.120. The van der Waals surface area contributed by atoms with Crippen molar-refractivity contribution in [2.24, 2.45) is 0 Å². The van der Waals surface area contributed by atoms with Crippen molar-refractivity contribution in [1.82, 2.24) is 14.5 Å². The first-order valence-electron chi connectivity index (χ1n) is 10.5. The molecule has 2 aromatic carbocycles. The number of fused-ring (bicyclic) bond motifs is 2. The topological polar surface area (TPSA) is 106 Å². The second-order valence-electron chi connectivity index (χ2n) is 7.74. The van der Waals surface area contributed by atoms with Crippen molar-refractivity contribution in [3.8, 4) is 5.75 Å². The molecule has 5 aromatic rings. The molecule has 9 heteroatoms. The smallest absolute Gasteiger partial charge is 0.266 e. The maximum atomic E-state index is 13.2. The van der Waals surface area contributed by atoms with Crippen LogP contribution in [0.3, 0.4) is 0 Å². The number of aromatic amines is 1. The van der Waals surface area contributed by atoms with Gasteiger partial charge in [-0.05, 0) is 30.7 Å². The molecule has 34 heavy (non-hydrogen) atoms. The lowest BCUT2D eigenvalue weighted by molar-refractivity contribution is 0.0971. The van der Waals surface area contributed by atoms with Crippen molar-refractivity contribution >= 4 is 49.8 Å². The maximum absolute atomic E-state index is 13.2. The molecule has 0 bridgehead atoms. The minimum atomic E-state index is -0.358. The molecule has 0 spiro atoms. The summed E-state index contributed by atoms with van der Waals surface area (Å²) in [4.78, 5) is 47.4. The number of nitrogens with zero attached hydrogens (tertiary/aromatic N) is 2. The van der Waals surface area contributed by atoms with Crippen LogP contribution in [0.15, 0.2) is 65.8 Å². The Morgan fingerprint density at radius 2 is 1.91 bits per heavy atom. The third kappa shape index (κ3) is 3.65. The fourth-order valence-corrected chi connectivity index (χ4v) is 4.99. The summed E-state index contributed by atoms with van der Waals surface area (Å²) in [5, 5.41) is 3.97. The molecule has 0 atom stereocenters. The zero-order valence-corrected chi connectivity index (χ0v) is 19.2. The normalized spacial score (nSPS) is 11.1. The van der Waals surface area contributed by atoms with Crippen LogP contribution >= 0.6 is 11.3 Å². The number of anilines is 1. The van der Waals surface area contributed by atoms with Crippen LogP contribution in [0.1, 0.15) is 25.6 Å². The monoisotopic (exact) mass is 472 g/mol. The van der Waals surface area contributed by atoms with E-state index in [1.807, 2.05) is 30.3 Å². The number of ketones is 1. The van der Waals surface area contributed by atoms with Gasteiger partial charge in [0.05, 0.1) is 35.9 Å². The summed E-state index contributed by atoms with van der Waals surface area (Å²) in [5.41, 5.74) is 2.07. The lowest BCUT2D eigenvalue weighted by Crippen LogP contribution is -2.24. The second kappa shape index (κ2) is 8.60. The number of aromatic nitrogens is 3. The van der Waals surface area contributed by atoms with Gasteiger partial charge >= 0.3 is 0 Å². The average Bonchev–Trinajstić information content (AvgIpc) is 3.43. The van der Waals surface area contributed by atoms with E-state index in [4.69, 9.17) is 4.74 Å². The Kier molecular flexibility index (Phi) is 5.46. The number of carbonyl (C=O) groups excluding carboxylic acids is 2. The van der Waals surface area contributed by atoms with E-state index in [9.17, 15) is 14.4 Å². The molecule has 0 aliphatic carbocycles. The highest BCUT2D eigenvalue weighted by Crippen LogP contribution is 2.29. The third-order valence-electron chi connectivity index (χ3n) is 5.68. The van der Waals surface area contributed by atoms with Gasteiger partial charge in [0.15, 0.2) is 5.78 Å². The van der Waals surface area contributed by atoms with Crippen LogP contribution in [0.2, 0.25) is 0 Å². The molecule has 0 aliphatic heterocycles. The number of ether oxygens (including phenoxy) is 1. The number of para-hydroxylation sites is 3. The molecule has 5 rings (SSSR count). The first kappa shape index (κ1) is 21.6. The number of Topliss-reactive ketones (excluding diaryl/α,β-unsaturated/α-hetero) is 1. The van der Waals surface area contributed by atoms with E-state index in [-0.39, 0.29) is 23.8 Å². The van der Waals surface area contributed by atoms with Crippen molar-refractivity contribution < 1.29 is 14.3 Å². The number of benzene rings is 2. The molecule has 170 valence electrons. The summed E-state index contributed by atoms with van der Waals surface area (Å²) >= 11 is 1.14. The first-order valence-corrected chi connectivity index (χ1v) is 11.3. The molecule has 3 heterocycles. The van der Waals surface area contributed by atoms with Crippen LogP contribution in [0.25, 0.3) is 21.1 Å².